The number of carbonyl (C=O) groups excluding carboxylic acids is 1. The van der Waals surface area contributed by atoms with Gasteiger partial charge in [0.1, 0.15) is 6.04 Å². The van der Waals surface area contributed by atoms with Crippen molar-refractivity contribution in [2.75, 3.05) is 5.32 Å². The van der Waals surface area contributed by atoms with Crippen LogP contribution in [-0.4, -0.2) is 20.5 Å². The average molecular weight is 421 g/mol. The SMILES string of the molecule is CC1(C)CC(=O)C2=C(C1)Nc1nc(-c3cccc4ccccc34)nn1C2c1ccccc1. The van der Waals surface area contributed by atoms with Crippen LogP contribution >= 0.6 is 0 Å². The molecule has 1 aliphatic heterocycles. The van der Waals surface area contributed by atoms with E-state index in [4.69, 9.17) is 10.1 Å². The lowest BCUT2D eigenvalue weighted by Crippen LogP contribution is -2.36. The molecule has 0 spiro atoms. The van der Waals surface area contributed by atoms with Crippen LogP contribution in [0.2, 0.25) is 0 Å². The molecule has 158 valence electrons. The Balaban J connectivity index is 1.55. The Morgan fingerprint density at radius 3 is 2.53 bits per heavy atom. The van der Waals surface area contributed by atoms with Gasteiger partial charge >= 0.3 is 0 Å². The second-order valence-electron chi connectivity index (χ2n) is 9.50. The Morgan fingerprint density at radius 2 is 1.69 bits per heavy atom. The Bertz CT molecular complexity index is 1390. The van der Waals surface area contributed by atoms with Crippen LogP contribution in [0.3, 0.4) is 0 Å². The molecule has 4 aromatic rings. The maximum atomic E-state index is 13.3. The fourth-order valence-electron chi connectivity index (χ4n) is 5.09. The summed E-state index contributed by atoms with van der Waals surface area (Å²) in [6.07, 6.45) is 1.35. The summed E-state index contributed by atoms with van der Waals surface area (Å²) in [6, 6.07) is 24.3. The van der Waals surface area contributed by atoms with Gasteiger partial charge in [0, 0.05) is 23.3 Å². The third-order valence-corrected chi connectivity index (χ3v) is 6.48. The molecule has 2 aliphatic rings. The summed E-state index contributed by atoms with van der Waals surface area (Å²) < 4.78 is 1.89. The molecule has 0 fully saturated rings. The molecule has 32 heavy (non-hydrogen) atoms. The third kappa shape index (κ3) is 2.96. The minimum atomic E-state index is -0.276. The summed E-state index contributed by atoms with van der Waals surface area (Å²) in [4.78, 5) is 18.2. The first-order valence-electron chi connectivity index (χ1n) is 11.0. The summed E-state index contributed by atoms with van der Waals surface area (Å²) in [5.41, 5.74) is 3.75. The van der Waals surface area contributed by atoms with Gasteiger partial charge in [0.15, 0.2) is 11.6 Å². The molecule has 5 heteroatoms. The molecule has 5 nitrogen and oxygen atoms in total. The van der Waals surface area contributed by atoms with Crippen molar-refractivity contribution in [3.63, 3.8) is 0 Å². The van der Waals surface area contributed by atoms with Gasteiger partial charge in [-0.2, -0.15) is 4.98 Å². The normalized spacial score (nSPS) is 19.4. The van der Waals surface area contributed by atoms with Gasteiger partial charge in [0.05, 0.1) is 0 Å². The third-order valence-electron chi connectivity index (χ3n) is 6.48. The van der Waals surface area contributed by atoms with Crippen molar-refractivity contribution in [3.8, 4) is 11.4 Å². The highest BCUT2D eigenvalue weighted by molar-refractivity contribution is 6.00. The van der Waals surface area contributed by atoms with E-state index in [1.807, 2.05) is 41.1 Å². The zero-order chi connectivity index (χ0) is 21.9. The maximum Gasteiger partial charge on any atom is 0.226 e. The largest absolute Gasteiger partial charge is 0.328 e. The second kappa shape index (κ2) is 6.89. The summed E-state index contributed by atoms with van der Waals surface area (Å²) in [5, 5.41) is 10.7. The number of benzene rings is 3. The number of aromatic nitrogens is 3. The lowest BCUT2D eigenvalue weighted by molar-refractivity contribution is -0.118. The summed E-state index contributed by atoms with van der Waals surface area (Å²) in [6.45, 7) is 4.30. The zero-order valence-electron chi connectivity index (χ0n) is 18.2. The lowest BCUT2D eigenvalue weighted by atomic mass is 9.73. The predicted molar refractivity (Wildman–Crippen MR) is 126 cm³/mol. The smallest absolute Gasteiger partial charge is 0.226 e. The summed E-state index contributed by atoms with van der Waals surface area (Å²) in [7, 11) is 0. The fourth-order valence-corrected chi connectivity index (χ4v) is 5.09. The van der Waals surface area contributed by atoms with Crippen LogP contribution in [0.1, 0.15) is 38.3 Å². The van der Waals surface area contributed by atoms with Crippen LogP contribution in [0, 0.1) is 5.41 Å². The molecule has 0 saturated heterocycles. The number of rotatable bonds is 2. The van der Waals surface area contributed by atoms with Gasteiger partial charge < -0.3 is 5.32 Å². The topological polar surface area (TPSA) is 59.8 Å². The standard InChI is InChI=1S/C27H24N4O/c1-27(2)15-21-23(22(32)16-27)24(18-10-4-3-5-11-18)31-26(28-21)29-25(30-31)20-14-8-12-17-9-6-7-13-19(17)20/h3-14,24H,15-16H2,1-2H3,(H,28,29,30). The van der Waals surface area contributed by atoms with E-state index in [9.17, 15) is 4.79 Å². The number of fused-ring (bicyclic) bond motifs is 2. The Kier molecular flexibility index (Phi) is 4.09. The summed E-state index contributed by atoms with van der Waals surface area (Å²) in [5.74, 6) is 1.54. The number of nitrogens with zero attached hydrogens (tertiary/aromatic N) is 3. The highest BCUT2D eigenvalue weighted by atomic mass is 16.1. The van der Waals surface area contributed by atoms with Crippen LogP contribution in [-0.2, 0) is 4.79 Å². The number of nitrogens with one attached hydrogen (secondary N) is 1. The monoisotopic (exact) mass is 420 g/mol. The molecule has 1 N–H and O–H groups in total. The molecular formula is C27H24N4O. The molecule has 1 aromatic heterocycles. The maximum absolute atomic E-state index is 13.3. The Morgan fingerprint density at radius 1 is 0.938 bits per heavy atom. The van der Waals surface area contributed by atoms with Gasteiger partial charge in [-0.05, 0) is 28.2 Å². The van der Waals surface area contributed by atoms with Gasteiger partial charge in [-0.15, -0.1) is 5.10 Å². The number of ketones is 1. The van der Waals surface area contributed by atoms with Crippen LogP contribution in [0.15, 0.2) is 84.1 Å². The predicted octanol–water partition coefficient (Wildman–Crippen LogP) is 5.76. The first-order chi connectivity index (χ1) is 15.5. The van der Waals surface area contributed by atoms with Crippen molar-refractivity contribution in [1.82, 2.24) is 14.8 Å². The number of anilines is 1. The number of allylic oxidation sites excluding steroid dienone is 2. The van der Waals surface area contributed by atoms with Gasteiger partial charge in [0.2, 0.25) is 5.95 Å². The van der Waals surface area contributed by atoms with Gasteiger partial charge in [-0.1, -0.05) is 86.6 Å². The quantitative estimate of drug-likeness (QED) is 0.448. The Labute approximate surface area is 186 Å². The molecule has 0 radical (unpaired) electrons. The lowest BCUT2D eigenvalue weighted by Gasteiger charge is -2.38. The molecule has 1 unspecified atom stereocenters. The number of hydrogen-bond donors (Lipinski definition) is 1. The van der Waals surface area contributed by atoms with E-state index < -0.39 is 0 Å². The van der Waals surface area contributed by atoms with Crippen molar-refractivity contribution >= 4 is 22.5 Å². The minimum Gasteiger partial charge on any atom is -0.328 e. The van der Waals surface area contributed by atoms with Crippen LogP contribution in [0.5, 0.6) is 0 Å². The van der Waals surface area contributed by atoms with E-state index in [1.54, 1.807) is 0 Å². The first-order valence-corrected chi connectivity index (χ1v) is 11.0. The fraction of sp³-hybridized carbons (Fsp3) is 0.222. The molecule has 1 atom stereocenters. The molecule has 0 amide bonds. The molecule has 6 rings (SSSR count). The van der Waals surface area contributed by atoms with E-state index >= 15 is 0 Å². The van der Waals surface area contributed by atoms with Gasteiger partial charge in [-0.25, -0.2) is 4.68 Å². The van der Waals surface area contributed by atoms with Crippen molar-refractivity contribution in [2.24, 2.45) is 5.41 Å². The van der Waals surface area contributed by atoms with E-state index in [1.165, 1.54) is 0 Å². The van der Waals surface area contributed by atoms with Crippen LogP contribution < -0.4 is 5.32 Å². The van der Waals surface area contributed by atoms with Crippen molar-refractivity contribution in [2.45, 2.75) is 32.7 Å². The van der Waals surface area contributed by atoms with Crippen molar-refractivity contribution in [3.05, 3.63) is 89.6 Å². The van der Waals surface area contributed by atoms with E-state index in [0.29, 0.717) is 18.2 Å². The molecule has 0 bridgehead atoms. The molecule has 3 aromatic carbocycles. The van der Waals surface area contributed by atoms with Crippen molar-refractivity contribution in [1.29, 1.82) is 0 Å². The van der Waals surface area contributed by atoms with Gasteiger partial charge in [-0.3, -0.25) is 4.79 Å². The Hall–Kier alpha value is -3.73. The number of Topliss-reactive ketones (excluding diaryl/α,β-unsaturated/α-hetero) is 1. The van der Waals surface area contributed by atoms with Crippen LogP contribution in [0.4, 0.5) is 5.95 Å². The first kappa shape index (κ1) is 19.0. The molecule has 1 aliphatic carbocycles. The minimum absolute atomic E-state index is 0.0786. The molecular weight excluding hydrogens is 396 g/mol. The second-order valence-corrected chi connectivity index (χ2v) is 9.50. The molecule has 0 saturated carbocycles. The van der Waals surface area contributed by atoms with Crippen LogP contribution in [0.25, 0.3) is 22.2 Å². The van der Waals surface area contributed by atoms with E-state index in [-0.39, 0.29) is 17.2 Å². The molecule has 2 heterocycles. The highest BCUT2D eigenvalue weighted by Gasteiger charge is 2.41. The van der Waals surface area contributed by atoms with Crippen molar-refractivity contribution < 1.29 is 4.79 Å². The van der Waals surface area contributed by atoms with Gasteiger partial charge in [0.25, 0.3) is 0 Å². The average Bonchev–Trinajstić information content (AvgIpc) is 3.20. The van der Waals surface area contributed by atoms with E-state index in [0.717, 1.165) is 39.6 Å². The summed E-state index contributed by atoms with van der Waals surface area (Å²) >= 11 is 0. The number of hydrogen-bond acceptors (Lipinski definition) is 4. The van der Waals surface area contributed by atoms with E-state index in [2.05, 4.69) is 55.6 Å². The zero-order valence-corrected chi connectivity index (χ0v) is 18.2. The number of carbonyl (C=O) groups is 1. The highest BCUT2D eigenvalue weighted by Crippen LogP contribution is 2.45.